The van der Waals surface area contributed by atoms with Gasteiger partial charge in [-0.3, -0.25) is 4.79 Å². The van der Waals surface area contributed by atoms with Gasteiger partial charge < -0.3 is 15.0 Å². The molecular formula is C23H26N4O2. The number of carbonyl (C=O) groups excluding carboxylic acids is 1. The monoisotopic (exact) mass is 390 g/mol. The van der Waals surface area contributed by atoms with E-state index in [4.69, 9.17) is 4.74 Å². The van der Waals surface area contributed by atoms with Gasteiger partial charge in [-0.15, -0.1) is 10.2 Å². The van der Waals surface area contributed by atoms with Crippen molar-refractivity contribution >= 4 is 17.4 Å². The lowest BCUT2D eigenvalue weighted by molar-refractivity contribution is 0.102. The van der Waals surface area contributed by atoms with Crippen molar-refractivity contribution in [3.8, 4) is 5.75 Å². The molecule has 29 heavy (non-hydrogen) atoms. The molecule has 0 unspecified atom stereocenters. The van der Waals surface area contributed by atoms with E-state index in [1.807, 2.05) is 50.2 Å². The Labute approximate surface area is 171 Å². The van der Waals surface area contributed by atoms with Crippen LogP contribution in [-0.2, 0) is 6.54 Å². The van der Waals surface area contributed by atoms with E-state index in [-0.39, 0.29) is 17.7 Å². The topological polar surface area (TPSA) is 67.4 Å². The number of rotatable bonds is 8. The van der Waals surface area contributed by atoms with E-state index < -0.39 is 0 Å². The molecule has 0 bridgehead atoms. The first kappa shape index (κ1) is 20.3. The first-order valence-electron chi connectivity index (χ1n) is 9.76. The third-order valence-electron chi connectivity index (χ3n) is 4.29. The smallest absolute Gasteiger partial charge is 0.276 e. The van der Waals surface area contributed by atoms with Gasteiger partial charge in [0, 0.05) is 18.8 Å². The van der Waals surface area contributed by atoms with E-state index in [0.717, 1.165) is 24.7 Å². The molecule has 3 aromatic rings. The molecule has 0 atom stereocenters. The van der Waals surface area contributed by atoms with Crippen LogP contribution in [0.15, 0.2) is 66.7 Å². The predicted octanol–water partition coefficient (Wildman–Crippen LogP) is 4.54. The minimum atomic E-state index is -0.298. The van der Waals surface area contributed by atoms with Crippen LogP contribution < -0.4 is 15.0 Å². The van der Waals surface area contributed by atoms with Crippen LogP contribution >= 0.6 is 0 Å². The Kier molecular flexibility index (Phi) is 6.79. The third-order valence-corrected chi connectivity index (χ3v) is 4.29. The van der Waals surface area contributed by atoms with Gasteiger partial charge in [-0.2, -0.15) is 0 Å². The van der Waals surface area contributed by atoms with Crippen LogP contribution in [-0.4, -0.2) is 28.8 Å². The number of anilines is 2. The van der Waals surface area contributed by atoms with Gasteiger partial charge in [0.15, 0.2) is 11.5 Å². The number of amides is 1. The molecule has 0 aliphatic carbocycles. The SMILES string of the molecule is CCN(Cc1ccccc1)c1ccc(C(=O)Nc2ccc(OC(C)C)cc2)nn1. The van der Waals surface area contributed by atoms with Gasteiger partial charge in [0.25, 0.3) is 5.91 Å². The van der Waals surface area contributed by atoms with E-state index in [0.29, 0.717) is 5.69 Å². The van der Waals surface area contributed by atoms with E-state index in [1.165, 1.54) is 5.56 Å². The number of ether oxygens (including phenoxy) is 1. The number of hydrogen-bond donors (Lipinski definition) is 1. The highest BCUT2D eigenvalue weighted by Gasteiger charge is 2.12. The Morgan fingerprint density at radius 3 is 2.31 bits per heavy atom. The van der Waals surface area contributed by atoms with Gasteiger partial charge in [0.05, 0.1) is 6.10 Å². The fraction of sp³-hybridized carbons (Fsp3) is 0.261. The van der Waals surface area contributed by atoms with Gasteiger partial charge in [-0.05, 0) is 62.7 Å². The van der Waals surface area contributed by atoms with E-state index in [2.05, 4.69) is 39.5 Å². The zero-order valence-electron chi connectivity index (χ0n) is 17.0. The van der Waals surface area contributed by atoms with Crippen molar-refractivity contribution in [3.63, 3.8) is 0 Å². The van der Waals surface area contributed by atoms with E-state index in [9.17, 15) is 4.79 Å². The summed E-state index contributed by atoms with van der Waals surface area (Å²) in [6, 6.07) is 21.0. The lowest BCUT2D eigenvalue weighted by atomic mass is 10.2. The van der Waals surface area contributed by atoms with Crippen LogP contribution in [0.2, 0.25) is 0 Å². The predicted molar refractivity (Wildman–Crippen MR) is 115 cm³/mol. The maximum Gasteiger partial charge on any atom is 0.276 e. The second-order valence-electron chi connectivity index (χ2n) is 6.92. The summed E-state index contributed by atoms with van der Waals surface area (Å²) in [5, 5.41) is 11.2. The molecule has 0 spiro atoms. The largest absolute Gasteiger partial charge is 0.491 e. The lowest BCUT2D eigenvalue weighted by Gasteiger charge is -2.21. The molecule has 2 aromatic carbocycles. The Morgan fingerprint density at radius 1 is 1.00 bits per heavy atom. The molecule has 0 aliphatic heterocycles. The molecular weight excluding hydrogens is 364 g/mol. The van der Waals surface area contributed by atoms with Crippen molar-refractivity contribution in [2.75, 3.05) is 16.8 Å². The molecule has 1 aromatic heterocycles. The zero-order valence-corrected chi connectivity index (χ0v) is 17.0. The molecule has 0 saturated carbocycles. The lowest BCUT2D eigenvalue weighted by Crippen LogP contribution is -2.24. The second kappa shape index (κ2) is 9.68. The van der Waals surface area contributed by atoms with Crippen LogP contribution in [0.25, 0.3) is 0 Å². The van der Waals surface area contributed by atoms with E-state index in [1.54, 1.807) is 18.2 Å². The number of aromatic nitrogens is 2. The highest BCUT2D eigenvalue weighted by atomic mass is 16.5. The van der Waals surface area contributed by atoms with Gasteiger partial charge in [-0.25, -0.2) is 0 Å². The highest BCUT2D eigenvalue weighted by Crippen LogP contribution is 2.18. The standard InChI is InChI=1S/C23H26N4O2/c1-4-27(16-18-8-6-5-7-9-18)22-15-14-21(25-26-22)23(28)24-19-10-12-20(13-11-19)29-17(2)3/h5-15,17H,4,16H2,1-3H3,(H,24,28). The normalized spacial score (nSPS) is 10.6. The molecule has 0 aliphatic rings. The molecule has 3 rings (SSSR count). The van der Waals surface area contributed by atoms with Crippen molar-refractivity contribution in [2.24, 2.45) is 0 Å². The van der Waals surface area contributed by atoms with E-state index >= 15 is 0 Å². The van der Waals surface area contributed by atoms with Crippen molar-refractivity contribution in [2.45, 2.75) is 33.4 Å². The Morgan fingerprint density at radius 2 is 1.72 bits per heavy atom. The number of nitrogens with one attached hydrogen (secondary N) is 1. The average Bonchev–Trinajstić information content (AvgIpc) is 2.74. The summed E-state index contributed by atoms with van der Waals surface area (Å²) in [4.78, 5) is 14.6. The van der Waals surface area contributed by atoms with Crippen molar-refractivity contribution in [1.29, 1.82) is 0 Å². The number of carbonyl (C=O) groups is 1. The minimum Gasteiger partial charge on any atom is -0.491 e. The van der Waals surface area contributed by atoms with Crippen LogP contribution in [0.1, 0.15) is 36.8 Å². The number of benzene rings is 2. The molecule has 0 fully saturated rings. The summed E-state index contributed by atoms with van der Waals surface area (Å²) in [6.07, 6.45) is 0.105. The molecule has 0 saturated heterocycles. The number of nitrogens with zero attached hydrogens (tertiary/aromatic N) is 3. The summed E-state index contributed by atoms with van der Waals surface area (Å²) in [5.74, 6) is 1.20. The fourth-order valence-corrected chi connectivity index (χ4v) is 2.86. The van der Waals surface area contributed by atoms with Gasteiger partial charge in [0.2, 0.25) is 0 Å². The molecule has 6 nitrogen and oxygen atoms in total. The summed E-state index contributed by atoms with van der Waals surface area (Å²) in [7, 11) is 0. The summed E-state index contributed by atoms with van der Waals surface area (Å²) < 4.78 is 5.61. The maximum atomic E-state index is 12.5. The minimum absolute atomic E-state index is 0.105. The molecule has 150 valence electrons. The fourth-order valence-electron chi connectivity index (χ4n) is 2.86. The Balaban J connectivity index is 1.63. The molecule has 0 radical (unpaired) electrons. The Hall–Kier alpha value is -3.41. The van der Waals surface area contributed by atoms with Crippen LogP contribution in [0.5, 0.6) is 5.75 Å². The number of hydrogen-bond acceptors (Lipinski definition) is 5. The van der Waals surface area contributed by atoms with Gasteiger partial charge in [-0.1, -0.05) is 30.3 Å². The first-order chi connectivity index (χ1) is 14.0. The van der Waals surface area contributed by atoms with Crippen LogP contribution in [0.4, 0.5) is 11.5 Å². The summed E-state index contributed by atoms with van der Waals surface area (Å²) in [5.41, 5.74) is 2.14. The Bertz CT molecular complexity index is 910. The molecule has 6 heteroatoms. The second-order valence-corrected chi connectivity index (χ2v) is 6.92. The summed E-state index contributed by atoms with van der Waals surface area (Å²) in [6.45, 7) is 7.54. The van der Waals surface area contributed by atoms with Crippen LogP contribution in [0, 0.1) is 0 Å². The third kappa shape index (κ3) is 5.78. The van der Waals surface area contributed by atoms with Gasteiger partial charge in [0.1, 0.15) is 5.75 Å². The quantitative estimate of drug-likeness (QED) is 0.611. The van der Waals surface area contributed by atoms with Crippen molar-refractivity contribution < 1.29 is 9.53 Å². The molecule has 1 heterocycles. The zero-order chi connectivity index (χ0) is 20.6. The molecule has 1 N–H and O–H groups in total. The average molecular weight is 390 g/mol. The molecule has 1 amide bonds. The summed E-state index contributed by atoms with van der Waals surface area (Å²) >= 11 is 0. The van der Waals surface area contributed by atoms with Crippen molar-refractivity contribution in [1.82, 2.24) is 10.2 Å². The highest BCUT2D eigenvalue weighted by molar-refractivity contribution is 6.02. The first-order valence-corrected chi connectivity index (χ1v) is 9.76. The van der Waals surface area contributed by atoms with Crippen LogP contribution in [0.3, 0.4) is 0 Å². The van der Waals surface area contributed by atoms with Gasteiger partial charge >= 0.3 is 0 Å². The maximum absolute atomic E-state index is 12.5. The van der Waals surface area contributed by atoms with Crippen molar-refractivity contribution in [3.05, 3.63) is 78.0 Å².